The molecule has 0 saturated heterocycles. The van der Waals surface area contributed by atoms with Crippen LogP contribution in [0.4, 0.5) is 0 Å². The number of hydrogen-bond acceptors (Lipinski definition) is 3. The van der Waals surface area contributed by atoms with Gasteiger partial charge in [-0.1, -0.05) is 48.0 Å². The van der Waals surface area contributed by atoms with Gasteiger partial charge < -0.3 is 10.6 Å². The van der Waals surface area contributed by atoms with Crippen molar-refractivity contribution in [3.8, 4) is 0 Å². The molecule has 0 heterocycles. The van der Waals surface area contributed by atoms with Crippen molar-refractivity contribution in [2.75, 3.05) is 12.3 Å². The molecule has 6 heteroatoms. The number of halogens is 1. The van der Waals surface area contributed by atoms with Crippen molar-refractivity contribution >= 4 is 35.2 Å². The lowest BCUT2D eigenvalue weighted by atomic mass is 10.2. The maximum Gasteiger partial charge on any atom is 0.233 e. The molecule has 2 N–H and O–H groups in total. The zero-order valence-corrected chi connectivity index (χ0v) is 14.7. The quantitative estimate of drug-likeness (QED) is 0.732. The lowest BCUT2D eigenvalue weighted by Gasteiger charge is -2.22. The molecule has 0 bridgehead atoms. The van der Waals surface area contributed by atoms with Gasteiger partial charge in [0, 0.05) is 29.4 Å². The fourth-order valence-corrected chi connectivity index (χ4v) is 3.25. The second-order valence-electron chi connectivity index (χ2n) is 5.26. The van der Waals surface area contributed by atoms with Crippen LogP contribution in [0.1, 0.15) is 12.0 Å². The Balaban J connectivity index is 1.99. The highest BCUT2D eigenvalue weighted by molar-refractivity contribution is 8.00. The normalized spacial score (nSPS) is 10.4. The summed E-state index contributed by atoms with van der Waals surface area (Å²) in [6.45, 7) is 0.780. The van der Waals surface area contributed by atoms with Crippen LogP contribution in [-0.2, 0) is 16.1 Å². The molecule has 2 aromatic rings. The molecule has 0 unspecified atom stereocenters. The van der Waals surface area contributed by atoms with Gasteiger partial charge in [-0.05, 0) is 23.8 Å². The van der Waals surface area contributed by atoms with Crippen LogP contribution in [0.2, 0.25) is 5.02 Å². The number of amides is 2. The first-order valence-corrected chi connectivity index (χ1v) is 8.89. The molecule has 0 atom stereocenters. The number of rotatable bonds is 8. The van der Waals surface area contributed by atoms with E-state index in [4.69, 9.17) is 17.3 Å². The molecule has 2 amide bonds. The van der Waals surface area contributed by atoms with Crippen molar-refractivity contribution in [3.63, 3.8) is 0 Å². The summed E-state index contributed by atoms with van der Waals surface area (Å²) in [4.78, 5) is 26.2. The number of carbonyl (C=O) groups excluding carboxylic acids is 2. The summed E-state index contributed by atoms with van der Waals surface area (Å²) < 4.78 is 0. The molecule has 0 fully saturated rings. The van der Waals surface area contributed by atoms with E-state index < -0.39 is 5.91 Å². The fraction of sp³-hybridized carbons (Fsp3) is 0.222. The first-order chi connectivity index (χ1) is 11.5. The number of carbonyl (C=O) groups is 2. The number of nitrogens with zero attached hydrogens (tertiary/aromatic N) is 1. The van der Waals surface area contributed by atoms with E-state index in [1.54, 1.807) is 11.0 Å². The zero-order valence-electron chi connectivity index (χ0n) is 13.2. The van der Waals surface area contributed by atoms with E-state index in [2.05, 4.69) is 0 Å². The van der Waals surface area contributed by atoms with Gasteiger partial charge in [-0.3, -0.25) is 9.59 Å². The Bertz CT molecular complexity index is 694. The van der Waals surface area contributed by atoms with Crippen LogP contribution < -0.4 is 5.73 Å². The largest absolute Gasteiger partial charge is 0.370 e. The maximum atomic E-state index is 12.5. The average Bonchev–Trinajstić information content (AvgIpc) is 2.57. The fourth-order valence-electron chi connectivity index (χ4n) is 2.13. The third kappa shape index (κ3) is 6.26. The molecule has 126 valence electrons. The topological polar surface area (TPSA) is 63.4 Å². The van der Waals surface area contributed by atoms with Gasteiger partial charge >= 0.3 is 0 Å². The van der Waals surface area contributed by atoms with Crippen molar-refractivity contribution in [3.05, 3.63) is 65.2 Å². The predicted molar refractivity (Wildman–Crippen MR) is 97.8 cm³/mol. The molecule has 24 heavy (non-hydrogen) atoms. The molecule has 0 aliphatic rings. The summed E-state index contributed by atoms with van der Waals surface area (Å²) in [6.07, 6.45) is 0.153. The van der Waals surface area contributed by atoms with Crippen LogP contribution in [0.15, 0.2) is 59.5 Å². The lowest BCUT2D eigenvalue weighted by Crippen LogP contribution is -2.34. The van der Waals surface area contributed by atoms with Crippen LogP contribution >= 0.6 is 23.4 Å². The van der Waals surface area contributed by atoms with Gasteiger partial charge in [0.1, 0.15) is 0 Å². The molecule has 0 aliphatic carbocycles. The predicted octanol–water partition coefficient (Wildman–Crippen LogP) is 3.34. The molecule has 2 rings (SSSR count). The van der Waals surface area contributed by atoms with Gasteiger partial charge in [0.25, 0.3) is 0 Å². The van der Waals surface area contributed by atoms with Crippen LogP contribution in [0.25, 0.3) is 0 Å². The highest BCUT2D eigenvalue weighted by atomic mass is 35.5. The molecule has 0 radical (unpaired) electrons. The van der Waals surface area contributed by atoms with E-state index in [9.17, 15) is 9.59 Å². The first kappa shape index (κ1) is 18.4. The van der Waals surface area contributed by atoms with Gasteiger partial charge in [0.2, 0.25) is 11.8 Å². The molecular formula is C18H19ClN2O2S. The molecule has 0 spiro atoms. The van der Waals surface area contributed by atoms with Crippen LogP contribution in [0, 0.1) is 0 Å². The third-order valence-electron chi connectivity index (χ3n) is 3.36. The van der Waals surface area contributed by atoms with Crippen molar-refractivity contribution < 1.29 is 9.59 Å². The second kappa shape index (κ2) is 9.35. The molecule has 0 aliphatic heterocycles. The van der Waals surface area contributed by atoms with Crippen LogP contribution in [0.5, 0.6) is 0 Å². The molecule has 0 aromatic heterocycles. The van der Waals surface area contributed by atoms with Crippen molar-refractivity contribution in [1.82, 2.24) is 4.90 Å². The maximum absolute atomic E-state index is 12.5. The summed E-state index contributed by atoms with van der Waals surface area (Å²) in [5, 5.41) is 0.641. The van der Waals surface area contributed by atoms with Crippen LogP contribution in [0.3, 0.4) is 0 Å². The van der Waals surface area contributed by atoms with Crippen molar-refractivity contribution in [2.45, 2.75) is 17.9 Å². The number of benzene rings is 2. The van der Waals surface area contributed by atoms with Gasteiger partial charge in [0.05, 0.1) is 5.75 Å². The summed E-state index contributed by atoms with van der Waals surface area (Å²) in [5.74, 6) is -0.167. The Hall–Kier alpha value is -1.98. The van der Waals surface area contributed by atoms with Gasteiger partial charge in [-0.15, -0.1) is 11.8 Å². The number of hydrogen-bond donors (Lipinski definition) is 1. The number of nitrogens with two attached hydrogens (primary N) is 1. The van der Waals surface area contributed by atoms with E-state index in [0.29, 0.717) is 18.1 Å². The minimum absolute atomic E-state index is 0.0370. The van der Waals surface area contributed by atoms with Crippen molar-refractivity contribution in [1.29, 1.82) is 0 Å². The third-order valence-corrected chi connectivity index (χ3v) is 4.57. The SMILES string of the molecule is NC(=O)CCN(Cc1ccccc1)C(=O)CSc1cccc(Cl)c1. The molecule has 2 aromatic carbocycles. The van der Waals surface area contributed by atoms with E-state index in [1.807, 2.05) is 48.5 Å². The highest BCUT2D eigenvalue weighted by Crippen LogP contribution is 2.22. The number of primary amides is 1. The second-order valence-corrected chi connectivity index (χ2v) is 6.75. The van der Waals surface area contributed by atoms with E-state index in [-0.39, 0.29) is 18.1 Å². The Morgan fingerprint density at radius 3 is 2.50 bits per heavy atom. The summed E-state index contributed by atoms with van der Waals surface area (Å²) in [5.41, 5.74) is 6.24. The zero-order chi connectivity index (χ0) is 17.4. The van der Waals surface area contributed by atoms with E-state index >= 15 is 0 Å². The minimum atomic E-state index is -0.414. The Morgan fingerprint density at radius 1 is 1.08 bits per heavy atom. The standard InChI is InChI=1S/C18H19ClN2O2S/c19-15-7-4-8-16(11-15)24-13-18(23)21(10-9-17(20)22)12-14-5-2-1-3-6-14/h1-8,11H,9-10,12-13H2,(H2,20,22). The minimum Gasteiger partial charge on any atom is -0.370 e. The Morgan fingerprint density at radius 2 is 1.83 bits per heavy atom. The van der Waals surface area contributed by atoms with Gasteiger partial charge in [-0.25, -0.2) is 0 Å². The summed E-state index contributed by atoms with van der Waals surface area (Å²) in [6, 6.07) is 17.1. The Labute approximate surface area is 151 Å². The summed E-state index contributed by atoms with van der Waals surface area (Å²) in [7, 11) is 0. The smallest absolute Gasteiger partial charge is 0.233 e. The van der Waals surface area contributed by atoms with E-state index in [0.717, 1.165) is 10.5 Å². The van der Waals surface area contributed by atoms with Crippen molar-refractivity contribution in [2.24, 2.45) is 5.73 Å². The molecule has 4 nitrogen and oxygen atoms in total. The average molecular weight is 363 g/mol. The lowest BCUT2D eigenvalue weighted by molar-refractivity contribution is -0.129. The monoisotopic (exact) mass is 362 g/mol. The first-order valence-electron chi connectivity index (χ1n) is 7.53. The highest BCUT2D eigenvalue weighted by Gasteiger charge is 2.15. The Kier molecular flexibility index (Phi) is 7.15. The van der Waals surface area contributed by atoms with Crippen LogP contribution in [-0.4, -0.2) is 29.0 Å². The molecule has 0 saturated carbocycles. The molecular weight excluding hydrogens is 344 g/mol. The van der Waals surface area contributed by atoms with Gasteiger partial charge in [-0.2, -0.15) is 0 Å². The number of thioether (sulfide) groups is 1. The summed E-state index contributed by atoms with van der Waals surface area (Å²) >= 11 is 7.38. The van der Waals surface area contributed by atoms with E-state index in [1.165, 1.54) is 11.8 Å². The van der Waals surface area contributed by atoms with Gasteiger partial charge in [0.15, 0.2) is 0 Å².